The molecule has 0 bridgehead atoms. The standard InChI is InChI=1S/C15H20BrFN4/c1-10(2)8-21-15(19-9-20-21)7-14(18-3)11-4-5-12(16)13(17)6-11/h4-6,9-10,14,18H,7-8H2,1-3H3. The summed E-state index contributed by atoms with van der Waals surface area (Å²) in [5.74, 6) is 1.16. The van der Waals surface area contributed by atoms with Gasteiger partial charge in [-0.3, -0.25) is 0 Å². The third-order valence-electron chi connectivity index (χ3n) is 3.31. The average Bonchev–Trinajstić information content (AvgIpc) is 2.85. The van der Waals surface area contributed by atoms with Crippen molar-refractivity contribution in [1.29, 1.82) is 0 Å². The Hall–Kier alpha value is -1.27. The Balaban J connectivity index is 2.19. The van der Waals surface area contributed by atoms with Gasteiger partial charge in [0.25, 0.3) is 0 Å². The zero-order valence-corrected chi connectivity index (χ0v) is 14.1. The van der Waals surface area contributed by atoms with Gasteiger partial charge in [0.15, 0.2) is 0 Å². The van der Waals surface area contributed by atoms with Crippen molar-refractivity contribution < 1.29 is 4.39 Å². The van der Waals surface area contributed by atoms with Gasteiger partial charge in [-0.15, -0.1) is 0 Å². The van der Waals surface area contributed by atoms with Crippen LogP contribution >= 0.6 is 15.9 Å². The smallest absolute Gasteiger partial charge is 0.138 e. The number of rotatable bonds is 6. The molecule has 4 nitrogen and oxygen atoms in total. The van der Waals surface area contributed by atoms with Crippen LogP contribution in [0.5, 0.6) is 0 Å². The molecule has 0 fully saturated rings. The summed E-state index contributed by atoms with van der Waals surface area (Å²) in [5.41, 5.74) is 0.900. The first kappa shape index (κ1) is 16.1. The van der Waals surface area contributed by atoms with Gasteiger partial charge < -0.3 is 5.32 Å². The average molecular weight is 355 g/mol. The molecule has 2 rings (SSSR count). The Bertz CT molecular complexity index is 597. The molecule has 0 radical (unpaired) electrons. The first-order chi connectivity index (χ1) is 10.0. The van der Waals surface area contributed by atoms with E-state index in [1.165, 1.54) is 0 Å². The van der Waals surface area contributed by atoms with E-state index < -0.39 is 0 Å². The van der Waals surface area contributed by atoms with Crippen molar-refractivity contribution in [2.75, 3.05) is 7.05 Å². The molecule has 1 aromatic carbocycles. The number of likely N-dealkylation sites (N-methyl/N-ethyl adjacent to an activating group) is 1. The summed E-state index contributed by atoms with van der Waals surface area (Å²) in [6, 6.07) is 5.20. The third-order valence-corrected chi connectivity index (χ3v) is 3.96. The summed E-state index contributed by atoms with van der Waals surface area (Å²) < 4.78 is 16.1. The van der Waals surface area contributed by atoms with E-state index in [2.05, 4.69) is 45.2 Å². The summed E-state index contributed by atoms with van der Waals surface area (Å²) >= 11 is 3.18. The van der Waals surface area contributed by atoms with Crippen LogP contribution in [0.4, 0.5) is 4.39 Å². The number of hydrogen-bond donors (Lipinski definition) is 1. The van der Waals surface area contributed by atoms with Gasteiger partial charge in [0.1, 0.15) is 18.0 Å². The lowest BCUT2D eigenvalue weighted by Gasteiger charge is -2.17. The SMILES string of the molecule is CNC(Cc1ncnn1CC(C)C)c1ccc(Br)c(F)c1. The number of nitrogens with one attached hydrogen (secondary N) is 1. The maximum absolute atomic E-state index is 13.7. The fourth-order valence-corrected chi connectivity index (χ4v) is 2.49. The second-order valence-electron chi connectivity index (χ2n) is 5.47. The fraction of sp³-hybridized carbons (Fsp3) is 0.467. The zero-order valence-electron chi connectivity index (χ0n) is 12.5. The van der Waals surface area contributed by atoms with Gasteiger partial charge >= 0.3 is 0 Å². The molecule has 2 aromatic rings. The molecule has 1 heterocycles. The highest BCUT2D eigenvalue weighted by molar-refractivity contribution is 9.10. The summed E-state index contributed by atoms with van der Waals surface area (Å²) in [7, 11) is 1.87. The second-order valence-corrected chi connectivity index (χ2v) is 6.33. The van der Waals surface area contributed by atoms with Crippen molar-refractivity contribution in [3.63, 3.8) is 0 Å². The molecular formula is C15H20BrFN4. The molecule has 1 N–H and O–H groups in total. The number of halogens is 2. The molecule has 1 unspecified atom stereocenters. The van der Waals surface area contributed by atoms with Crippen LogP contribution in [0, 0.1) is 11.7 Å². The maximum atomic E-state index is 13.7. The first-order valence-corrected chi connectivity index (χ1v) is 7.79. The fourth-order valence-electron chi connectivity index (χ4n) is 2.24. The maximum Gasteiger partial charge on any atom is 0.138 e. The zero-order chi connectivity index (χ0) is 15.4. The molecule has 1 atom stereocenters. The van der Waals surface area contributed by atoms with Crippen LogP contribution in [0.2, 0.25) is 0 Å². The normalized spacial score (nSPS) is 12.9. The van der Waals surface area contributed by atoms with Crippen LogP contribution in [0.1, 0.15) is 31.3 Å². The minimum absolute atomic E-state index is 0.00251. The van der Waals surface area contributed by atoms with Crippen molar-refractivity contribution in [3.05, 3.63) is 46.2 Å². The quantitative estimate of drug-likeness (QED) is 0.864. The highest BCUT2D eigenvalue weighted by Gasteiger charge is 2.16. The Morgan fingerprint density at radius 3 is 2.76 bits per heavy atom. The third kappa shape index (κ3) is 4.11. The van der Waals surface area contributed by atoms with Gasteiger partial charge in [-0.25, -0.2) is 14.1 Å². The van der Waals surface area contributed by atoms with Crippen LogP contribution in [0.15, 0.2) is 29.0 Å². The molecule has 0 saturated heterocycles. The largest absolute Gasteiger partial charge is 0.313 e. The van der Waals surface area contributed by atoms with Crippen molar-refractivity contribution in [3.8, 4) is 0 Å². The Labute approximate surface area is 132 Å². The van der Waals surface area contributed by atoms with Gasteiger partial charge in [0.05, 0.1) is 4.47 Å². The monoisotopic (exact) mass is 354 g/mol. The second kappa shape index (κ2) is 7.13. The number of hydrogen-bond acceptors (Lipinski definition) is 3. The van der Waals surface area contributed by atoms with Gasteiger partial charge in [-0.05, 0) is 46.6 Å². The van der Waals surface area contributed by atoms with Crippen LogP contribution in [0.3, 0.4) is 0 Å². The van der Waals surface area contributed by atoms with E-state index >= 15 is 0 Å². The van der Waals surface area contributed by atoms with Crippen LogP contribution in [0.25, 0.3) is 0 Å². The molecule has 0 aliphatic rings. The number of aromatic nitrogens is 3. The number of benzene rings is 1. The summed E-state index contributed by atoms with van der Waals surface area (Å²) in [4.78, 5) is 4.33. The number of nitrogens with zero attached hydrogens (tertiary/aromatic N) is 3. The van der Waals surface area contributed by atoms with Gasteiger partial charge in [-0.1, -0.05) is 19.9 Å². The predicted octanol–water partition coefficient (Wildman–Crippen LogP) is 3.34. The lowest BCUT2D eigenvalue weighted by atomic mass is 10.0. The Morgan fingerprint density at radius 1 is 1.38 bits per heavy atom. The topological polar surface area (TPSA) is 42.7 Å². The van der Waals surface area contributed by atoms with Crippen molar-refractivity contribution in [1.82, 2.24) is 20.1 Å². The highest BCUT2D eigenvalue weighted by atomic mass is 79.9. The molecule has 114 valence electrons. The summed E-state index contributed by atoms with van der Waals surface area (Å²) in [6.07, 6.45) is 2.25. The summed E-state index contributed by atoms with van der Waals surface area (Å²) in [5, 5.41) is 7.49. The Kier molecular flexibility index (Phi) is 5.47. The van der Waals surface area contributed by atoms with E-state index in [9.17, 15) is 4.39 Å². The minimum Gasteiger partial charge on any atom is -0.313 e. The molecule has 0 amide bonds. The van der Waals surface area contributed by atoms with Crippen LogP contribution in [-0.2, 0) is 13.0 Å². The van der Waals surface area contributed by atoms with E-state index in [1.54, 1.807) is 18.5 Å². The lowest BCUT2D eigenvalue weighted by molar-refractivity contribution is 0.451. The lowest BCUT2D eigenvalue weighted by Crippen LogP contribution is -2.22. The van der Waals surface area contributed by atoms with E-state index in [0.29, 0.717) is 16.8 Å². The van der Waals surface area contributed by atoms with Crippen LogP contribution < -0.4 is 5.32 Å². The van der Waals surface area contributed by atoms with E-state index in [4.69, 9.17) is 0 Å². The van der Waals surface area contributed by atoms with Crippen LogP contribution in [-0.4, -0.2) is 21.8 Å². The highest BCUT2D eigenvalue weighted by Crippen LogP contribution is 2.22. The molecular weight excluding hydrogens is 335 g/mol. The molecule has 1 aromatic heterocycles. The van der Waals surface area contributed by atoms with E-state index in [-0.39, 0.29) is 11.9 Å². The van der Waals surface area contributed by atoms with Gasteiger partial charge in [0, 0.05) is 19.0 Å². The first-order valence-electron chi connectivity index (χ1n) is 7.00. The summed E-state index contributed by atoms with van der Waals surface area (Å²) in [6.45, 7) is 5.12. The predicted molar refractivity (Wildman–Crippen MR) is 84.5 cm³/mol. The van der Waals surface area contributed by atoms with E-state index in [0.717, 1.165) is 17.9 Å². The molecule has 0 saturated carbocycles. The molecule has 0 aliphatic carbocycles. The minimum atomic E-state index is -0.253. The molecule has 0 spiro atoms. The molecule has 6 heteroatoms. The van der Waals surface area contributed by atoms with Gasteiger partial charge in [-0.2, -0.15) is 5.10 Å². The van der Waals surface area contributed by atoms with Gasteiger partial charge in [0.2, 0.25) is 0 Å². The molecule has 21 heavy (non-hydrogen) atoms. The molecule has 0 aliphatic heterocycles. The van der Waals surface area contributed by atoms with Crippen molar-refractivity contribution in [2.24, 2.45) is 5.92 Å². The van der Waals surface area contributed by atoms with Crippen molar-refractivity contribution >= 4 is 15.9 Å². The van der Waals surface area contributed by atoms with Crippen molar-refractivity contribution in [2.45, 2.75) is 32.9 Å². The van der Waals surface area contributed by atoms with E-state index in [1.807, 2.05) is 17.8 Å². The Morgan fingerprint density at radius 2 is 2.14 bits per heavy atom.